The van der Waals surface area contributed by atoms with Crippen molar-refractivity contribution >= 4 is 35.4 Å². The van der Waals surface area contributed by atoms with Crippen molar-refractivity contribution < 1.29 is 0 Å². The monoisotopic (exact) mass is 352 g/mol. The zero-order valence-electron chi connectivity index (χ0n) is 11.8. The van der Waals surface area contributed by atoms with E-state index < -0.39 is 35.4 Å². The number of nitrogens with zero attached hydrogens (tertiary/aromatic N) is 2. The van der Waals surface area contributed by atoms with Crippen molar-refractivity contribution in [3.63, 3.8) is 0 Å². The fourth-order valence-electron chi connectivity index (χ4n) is 3.21. The van der Waals surface area contributed by atoms with Crippen LogP contribution in [0.5, 0.6) is 0 Å². The van der Waals surface area contributed by atoms with E-state index in [-0.39, 0.29) is 0 Å². The van der Waals surface area contributed by atoms with Crippen molar-refractivity contribution in [2.24, 2.45) is 0 Å². The van der Waals surface area contributed by atoms with Gasteiger partial charge in [-0.15, -0.1) is 0 Å². The molecule has 0 aromatic carbocycles. The van der Waals surface area contributed by atoms with Gasteiger partial charge >= 0.3 is 103 Å². The summed E-state index contributed by atoms with van der Waals surface area (Å²) in [5.41, 5.74) is 0. The summed E-state index contributed by atoms with van der Waals surface area (Å²) in [5, 5.41) is 0. The molecule has 15 heavy (non-hydrogen) atoms. The van der Waals surface area contributed by atoms with Gasteiger partial charge in [0.2, 0.25) is 0 Å². The number of hydrogen-bond acceptors (Lipinski definition) is 2. The van der Waals surface area contributed by atoms with Crippen LogP contribution in [0, 0.1) is 0 Å². The summed E-state index contributed by atoms with van der Waals surface area (Å²) in [6.07, 6.45) is 0. The first-order chi connectivity index (χ1) is 6.47. The molecule has 0 atom stereocenters. The van der Waals surface area contributed by atoms with Crippen LogP contribution < -0.4 is 0 Å². The molecule has 2 nitrogen and oxygen atoms in total. The first kappa shape index (κ1) is 14.2. The average Bonchev–Trinajstić information content (AvgIpc) is 2.21. The third kappa shape index (κ3) is 2.88. The second-order valence-corrected chi connectivity index (χ2v) is 31.1. The van der Waals surface area contributed by atoms with E-state index >= 15 is 0 Å². The van der Waals surface area contributed by atoms with Gasteiger partial charge in [-0.3, -0.25) is 0 Å². The van der Waals surface area contributed by atoms with Crippen LogP contribution in [0.1, 0.15) is 0 Å². The summed E-state index contributed by atoms with van der Waals surface area (Å²) in [7, 11) is -2.15. The minimum atomic E-state index is -2.08. The minimum absolute atomic E-state index is 1.07. The van der Waals surface area contributed by atoms with Crippen LogP contribution in [0.4, 0.5) is 0 Å². The molecule has 90 valence electrons. The topological polar surface area (TPSA) is 6.48 Å². The van der Waals surface area contributed by atoms with Gasteiger partial charge in [0.15, 0.2) is 0 Å². The van der Waals surface area contributed by atoms with Gasteiger partial charge in [0.25, 0.3) is 0 Å². The molecule has 0 saturated carbocycles. The van der Waals surface area contributed by atoms with Gasteiger partial charge in [0.05, 0.1) is 0 Å². The summed E-state index contributed by atoms with van der Waals surface area (Å²) >= 11 is -2.08. The molecule has 0 unspecified atom stereocenters. The van der Waals surface area contributed by atoms with Gasteiger partial charge in [-0.2, -0.15) is 0 Å². The second kappa shape index (κ2) is 4.12. The fraction of sp³-hybridized carbons (Fsp3) is 1.00. The second-order valence-electron chi connectivity index (χ2n) is 7.14. The normalized spacial score (nSPS) is 24.8. The van der Waals surface area contributed by atoms with E-state index in [4.69, 9.17) is 0 Å². The zero-order valence-corrected chi connectivity index (χ0v) is 16.7. The van der Waals surface area contributed by atoms with E-state index in [1.807, 2.05) is 0 Å². The van der Waals surface area contributed by atoms with E-state index in [1.165, 1.54) is 13.1 Å². The van der Waals surface area contributed by atoms with Crippen molar-refractivity contribution in [2.45, 2.75) is 49.2 Å². The molecule has 0 amide bonds. The predicted molar refractivity (Wildman–Crippen MR) is 77.6 cm³/mol. The maximum absolute atomic E-state index is 2.99. The van der Waals surface area contributed by atoms with Crippen LogP contribution >= 0.6 is 0 Å². The van der Waals surface area contributed by atoms with Crippen molar-refractivity contribution in [3.8, 4) is 0 Å². The maximum atomic E-state index is 2.99. The van der Waals surface area contributed by atoms with Crippen LogP contribution in [0.2, 0.25) is 49.2 Å². The van der Waals surface area contributed by atoms with Crippen molar-refractivity contribution in [1.82, 2.24) is 5.57 Å². The molecular weight excluding hydrogens is 323 g/mol. The van der Waals surface area contributed by atoms with Crippen LogP contribution in [0.3, 0.4) is 0 Å². The molecule has 1 heterocycles. The van der Waals surface area contributed by atoms with Crippen molar-refractivity contribution in [3.05, 3.63) is 0 Å². The summed E-state index contributed by atoms with van der Waals surface area (Å²) in [5.74, 6) is 0. The van der Waals surface area contributed by atoms with Gasteiger partial charge in [-0.05, 0) is 0 Å². The van der Waals surface area contributed by atoms with Gasteiger partial charge in [0, 0.05) is 0 Å². The Kier molecular flexibility index (Phi) is 3.90. The Balaban J connectivity index is 2.95. The Bertz CT molecular complexity index is 219. The molecule has 5 heteroatoms. The average molecular weight is 351 g/mol. The standard InChI is InChI=1S/C8H22N2Si2.2CH3.Sn/c1-11(2,3)9-7-8-10-12(4,5)6;;;/h7-8H2,1-6H3;2*1H3;/q-2;;;+2. The molecule has 0 aromatic heterocycles. The molecule has 1 fully saturated rings. The molecule has 0 bridgehead atoms. The van der Waals surface area contributed by atoms with Gasteiger partial charge in [0.1, 0.15) is 0 Å². The number of rotatable bonds is 2. The first-order valence-electron chi connectivity index (χ1n) is 6.03. The zero-order chi connectivity index (χ0) is 12.1. The summed E-state index contributed by atoms with van der Waals surface area (Å²) in [4.78, 5) is 5.25. The summed E-state index contributed by atoms with van der Waals surface area (Å²) in [6.45, 7) is 17.8. The fourth-order valence-corrected chi connectivity index (χ4v) is 43.0. The molecule has 1 aliphatic rings. The van der Waals surface area contributed by atoms with Crippen LogP contribution in [0.15, 0.2) is 0 Å². The molecule has 0 aliphatic carbocycles. The van der Waals surface area contributed by atoms with Crippen molar-refractivity contribution in [2.75, 3.05) is 13.1 Å². The molecule has 0 aromatic rings. The van der Waals surface area contributed by atoms with E-state index in [0.29, 0.717) is 0 Å². The van der Waals surface area contributed by atoms with E-state index in [1.54, 1.807) is 0 Å². The molecule has 1 aliphatic heterocycles. The Hall–Kier alpha value is 1.15. The third-order valence-corrected chi connectivity index (χ3v) is 34.8. The van der Waals surface area contributed by atoms with E-state index in [2.05, 4.69) is 54.7 Å². The SMILES string of the molecule is C[Si](C)(C)[N]1CC[N]([Si](C)(C)C)[Sn]1([CH3])[CH3]. The van der Waals surface area contributed by atoms with Crippen molar-refractivity contribution in [1.29, 1.82) is 0 Å². The molecule has 1 rings (SSSR count). The van der Waals surface area contributed by atoms with E-state index in [0.717, 1.165) is 0 Å². The molecule has 0 radical (unpaired) electrons. The van der Waals surface area contributed by atoms with Gasteiger partial charge < -0.3 is 0 Å². The summed E-state index contributed by atoms with van der Waals surface area (Å²) < 4.78 is 5.97. The van der Waals surface area contributed by atoms with Gasteiger partial charge in [-0.25, -0.2) is 0 Å². The quantitative estimate of drug-likeness (QED) is 0.706. The van der Waals surface area contributed by atoms with Gasteiger partial charge in [-0.1, -0.05) is 0 Å². The molecule has 0 N–H and O–H groups in total. The Morgan fingerprint density at radius 3 is 1.13 bits per heavy atom. The number of hydrogen-bond donors (Lipinski definition) is 0. The van der Waals surface area contributed by atoms with E-state index in [9.17, 15) is 0 Å². The van der Waals surface area contributed by atoms with Crippen LogP contribution in [0.25, 0.3) is 0 Å². The molecular formula is C10H28N2Si2Sn. The van der Waals surface area contributed by atoms with Crippen LogP contribution in [-0.2, 0) is 0 Å². The Morgan fingerprint density at radius 2 is 1.00 bits per heavy atom. The molecule has 1 saturated heterocycles. The van der Waals surface area contributed by atoms with Crippen LogP contribution in [-0.4, -0.2) is 54.1 Å². The first-order valence-corrected chi connectivity index (χ1v) is 21.2. The Labute approximate surface area is 103 Å². The molecule has 0 spiro atoms. The predicted octanol–water partition coefficient (Wildman–Crippen LogP) is 2.98. The Morgan fingerprint density at radius 1 is 0.733 bits per heavy atom. The third-order valence-electron chi connectivity index (χ3n) is 3.49. The summed E-state index contributed by atoms with van der Waals surface area (Å²) in [6, 6.07) is 0.